The molecule has 8 heteroatoms. The fourth-order valence-corrected chi connectivity index (χ4v) is 6.39. The number of rotatable bonds is 7. The van der Waals surface area contributed by atoms with Crippen molar-refractivity contribution >= 4 is 26.7 Å². The van der Waals surface area contributed by atoms with E-state index in [9.17, 15) is 8.42 Å². The molecule has 0 bridgehead atoms. The van der Waals surface area contributed by atoms with Gasteiger partial charge in [-0.05, 0) is 47.7 Å². The third-order valence-electron chi connectivity index (χ3n) is 7.48. The summed E-state index contributed by atoms with van der Waals surface area (Å²) in [6.45, 7) is 11.2. The lowest BCUT2D eigenvalue weighted by molar-refractivity contribution is 0.141. The fourth-order valence-electron chi connectivity index (χ4n) is 4.97. The lowest BCUT2D eigenvalue weighted by Gasteiger charge is -2.37. The smallest absolute Gasteiger partial charge is 0.243 e. The highest BCUT2D eigenvalue weighted by atomic mass is 32.2. The number of hydrogen-bond donors (Lipinski definition) is 1. The first-order chi connectivity index (χ1) is 18.6. The van der Waals surface area contributed by atoms with Gasteiger partial charge in [-0.1, -0.05) is 75.4 Å². The van der Waals surface area contributed by atoms with E-state index < -0.39 is 10.0 Å². The molecule has 0 amide bonds. The van der Waals surface area contributed by atoms with Crippen LogP contribution in [-0.2, 0) is 22.0 Å². The molecule has 0 aliphatic carbocycles. The highest BCUT2D eigenvalue weighted by Gasteiger charge is 2.31. The summed E-state index contributed by atoms with van der Waals surface area (Å²) in [5, 5.41) is 4.49. The van der Waals surface area contributed by atoms with Gasteiger partial charge < -0.3 is 5.32 Å². The number of nitrogens with zero attached hydrogens (tertiary/aromatic N) is 4. The quantitative estimate of drug-likeness (QED) is 0.327. The molecular formula is C31H37N5O2S. The molecule has 1 saturated heterocycles. The number of nitrogens with one attached hydrogen (secondary N) is 1. The summed E-state index contributed by atoms with van der Waals surface area (Å²) in [5.41, 5.74) is 3.17. The maximum Gasteiger partial charge on any atom is 0.243 e. The van der Waals surface area contributed by atoms with Gasteiger partial charge in [-0.3, -0.25) is 4.90 Å². The summed E-state index contributed by atoms with van der Waals surface area (Å²) >= 11 is 0. The van der Waals surface area contributed by atoms with Crippen LogP contribution in [0.3, 0.4) is 0 Å². The first-order valence-electron chi connectivity index (χ1n) is 13.5. The van der Waals surface area contributed by atoms with Gasteiger partial charge in [0, 0.05) is 38.1 Å². The summed E-state index contributed by atoms with van der Waals surface area (Å²) < 4.78 is 28.3. The summed E-state index contributed by atoms with van der Waals surface area (Å²) in [6, 6.07) is 25.5. The molecule has 0 radical (unpaired) electrons. The van der Waals surface area contributed by atoms with Crippen molar-refractivity contribution < 1.29 is 8.42 Å². The molecule has 0 unspecified atom stereocenters. The van der Waals surface area contributed by atoms with E-state index in [1.165, 1.54) is 5.56 Å². The van der Waals surface area contributed by atoms with Gasteiger partial charge >= 0.3 is 0 Å². The zero-order valence-electron chi connectivity index (χ0n) is 23.1. The van der Waals surface area contributed by atoms with Crippen LogP contribution in [0.2, 0.25) is 0 Å². The highest BCUT2D eigenvalue weighted by molar-refractivity contribution is 7.89. The third kappa shape index (κ3) is 5.98. The summed E-state index contributed by atoms with van der Waals surface area (Å²) in [6.07, 6.45) is 0. The van der Waals surface area contributed by atoms with Crippen LogP contribution in [-0.4, -0.2) is 53.8 Å². The van der Waals surface area contributed by atoms with Crippen LogP contribution >= 0.6 is 0 Å². The van der Waals surface area contributed by atoms with Crippen molar-refractivity contribution in [3.05, 3.63) is 95.8 Å². The third-order valence-corrected chi connectivity index (χ3v) is 9.39. The number of para-hydroxylation sites is 1. The van der Waals surface area contributed by atoms with Gasteiger partial charge in [0.2, 0.25) is 10.0 Å². The second-order valence-electron chi connectivity index (χ2n) is 11.2. The van der Waals surface area contributed by atoms with Gasteiger partial charge in [-0.25, -0.2) is 18.4 Å². The molecule has 7 nitrogen and oxygen atoms in total. The van der Waals surface area contributed by atoms with Crippen LogP contribution in [0.15, 0.2) is 83.8 Å². The number of sulfonamides is 1. The standard InChI is InChI=1S/C31H37N5O2S/c1-23(29-33-28-13-9-8-12-27(28)30(34-29)32-22-24-10-6-5-7-11-24)35-18-20-36(21-19-35)39(37,38)26-16-14-25(15-17-26)31(2,3)4/h5-17,23H,18-22H2,1-4H3,(H,32,33,34)/t23-/m0/s1. The van der Waals surface area contributed by atoms with E-state index in [-0.39, 0.29) is 11.5 Å². The lowest BCUT2D eigenvalue weighted by atomic mass is 9.87. The topological polar surface area (TPSA) is 78.4 Å². The van der Waals surface area contributed by atoms with Crippen molar-refractivity contribution in [2.24, 2.45) is 0 Å². The monoisotopic (exact) mass is 543 g/mol. The summed E-state index contributed by atoms with van der Waals surface area (Å²) in [4.78, 5) is 12.4. The van der Waals surface area contributed by atoms with E-state index >= 15 is 0 Å². The molecule has 0 saturated carbocycles. The van der Waals surface area contributed by atoms with Crippen LogP contribution in [0.25, 0.3) is 10.9 Å². The molecule has 1 atom stereocenters. The van der Waals surface area contributed by atoms with Gasteiger partial charge in [0.15, 0.2) is 0 Å². The molecule has 1 aliphatic heterocycles. The Bertz CT molecular complexity index is 1530. The molecule has 5 rings (SSSR count). The highest BCUT2D eigenvalue weighted by Crippen LogP contribution is 2.28. The van der Waals surface area contributed by atoms with E-state index in [4.69, 9.17) is 9.97 Å². The number of hydrogen-bond acceptors (Lipinski definition) is 6. The van der Waals surface area contributed by atoms with E-state index in [0.717, 1.165) is 28.1 Å². The predicted octanol–water partition coefficient (Wildman–Crippen LogP) is 5.61. The van der Waals surface area contributed by atoms with E-state index in [1.54, 1.807) is 16.4 Å². The molecule has 0 spiro atoms. The number of piperazine rings is 1. The van der Waals surface area contributed by atoms with Crippen LogP contribution in [0.4, 0.5) is 5.82 Å². The normalized spacial score (nSPS) is 16.3. The Morgan fingerprint density at radius 3 is 2.15 bits per heavy atom. The Hall–Kier alpha value is -3.33. The molecule has 2 heterocycles. The number of benzene rings is 3. The maximum absolute atomic E-state index is 13.3. The van der Waals surface area contributed by atoms with Crippen LogP contribution in [0.1, 0.15) is 50.7 Å². The average molecular weight is 544 g/mol. The fraction of sp³-hybridized carbons (Fsp3) is 0.355. The van der Waals surface area contributed by atoms with Crippen molar-refractivity contribution in [1.29, 1.82) is 0 Å². The first kappa shape index (κ1) is 27.2. The minimum absolute atomic E-state index is 0.0220. The van der Waals surface area contributed by atoms with Crippen LogP contribution in [0.5, 0.6) is 0 Å². The van der Waals surface area contributed by atoms with Crippen molar-refractivity contribution in [3.63, 3.8) is 0 Å². The van der Waals surface area contributed by atoms with Crippen LogP contribution < -0.4 is 5.32 Å². The molecule has 1 N–H and O–H groups in total. The first-order valence-corrected chi connectivity index (χ1v) is 15.0. The van der Waals surface area contributed by atoms with Crippen molar-refractivity contribution in [1.82, 2.24) is 19.2 Å². The average Bonchev–Trinajstić information content (AvgIpc) is 2.95. The van der Waals surface area contributed by atoms with Crippen molar-refractivity contribution in [3.8, 4) is 0 Å². The van der Waals surface area contributed by atoms with E-state index in [0.29, 0.717) is 37.6 Å². The second-order valence-corrected chi connectivity index (χ2v) is 13.1. The number of anilines is 1. The van der Waals surface area contributed by atoms with E-state index in [2.05, 4.69) is 50.0 Å². The number of aromatic nitrogens is 2. The Labute approximate surface area is 232 Å². The van der Waals surface area contributed by atoms with Gasteiger partial charge in [-0.15, -0.1) is 0 Å². The van der Waals surface area contributed by atoms with Gasteiger partial charge in [-0.2, -0.15) is 4.31 Å². The summed E-state index contributed by atoms with van der Waals surface area (Å²) in [7, 11) is -3.54. The molecule has 39 heavy (non-hydrogen) atoms. The molecule has 204 valence electrons. The van der Waals surface area contributed by atoms with Crippen molar-refractivity contribution in [2.75, 3.05) is 31.5 Å². The maximum atomic E-state index is 13.3. The van der Waals surface area contributed by atoms with E-state index in [1.807, 2.05) is 54.6 Å². The minimum atomic E-state index is -3.54. The molecular weight excluding hydrogens is 506 g/mol. The largest absolute Gasteiger partial charge is 0.365 e. The van der Waals surface area contributed by atoms with Gasteiger partial charge in [0.1, 0.15) is 11.6 Å². The molecule has 1 aliphatic rings. The Balaban J connectivity index is 1.30. The molecule has 1 fully saturated rings. The summed E-state index contributed by atoms with van der Waals surface area (Å²) in [5.74, 6) is 1.55. The second kappa shape index (κ2) is 11.0. The zero-order chi connectivity index (χ0) is 27.6. The molecule has 3 aromatic carbocycles. The minimum Gasteiger partial charge on any atom is -0.365 e. The number of fused-ring (bicyclic) bond motifs is 1. The van der Waals surface area contributed by atoms with Gasteiger partial charge in [0.05, 0.1) is 16.5 Å². The van der Waals surface area contributed by atoms with Crippen molar-refractivity contribution in [2.45, 2.75) is 50.6 Å². The molecule has 1 aromatic heterocycles. The predicted molar refractivity (Wildman–Crippen MR) is 157 cm³/mol. The van der Waals surface area contributed by atoms with Crippen LogP contribution in [0, 0.1) is 0 Å². The Morgan fingerprint density at radius 2 is 1.49 bits per heavy atom. The Kier molecular flexibility index (Phi) is 7.71. The van der Waals surface area contributed by atoms with Gasteiger partial charge in [0.25, 0.3) is 0 Å². The SMILES string of the molecule is C[C@@H](c1nc(NCc2ccccc2)c2ccccc2n1)N1CCN(S(=O)(=O)c2ccc(C(C)(C)C)cc2)CC1. The molecule has 4 aromatic rings. The zero-order valence-corrected chi connectivity index (χ0v) is 23.9. The lowest BCUT2D eigenvalue weighted by Crippen LogP contribution is -2.49. The Morgan fingerprint density at radius 1 is 0.846 bits per heavy atom.